The molecule has 1 aliphatic heterocycles. The maximum Gasteiger partial charge on any atom is 0.251 e. The number of halogens is 2. The summed E-state index contributed by atoms with van der Waals surface area (Å²) < 4.78 is 6.24. The van der Waals surface area contributed by atoms with Crippen LogP contribution in [0.4, 0.5) is 17.3 Å². The summed E-state index contributed by atoms with van der Waals surface area (Å²) in [6.07, 6.45) is 1.53. The van der Waals surface area contributed by atoms with Gasteiger partial charge < -0.3 is 20.3 Å². The molecule has 4 rings (SSSR count). The molecule has 1 atom stereocenters. The highest BCUT2D eigenvalue weighted by Gasteiger charge is 2.16. The highest BCUT2D eigenvalue weighted by atomic mass is 79.9. The predicted octanol–water partition coefficient (Wildman–Crippen LogP) is 4.36. The predicted molar refractivity (Wildman–Crippen MR) is 128 cm³/mol. The standard InChI is InChI=1S/C22H22BrClN6O2/c1-14(26-21(31)15-3-2-4-16(23)11-15)19-13-25-29-22(28-19)27-17-5-6-20(18(24)12-17)30-7-9-32-10-8-30/h2-6,11-14H,7-10H2,1H3,(H,26,31)(H,27,28,29). The van der Waals surface area contributed by atoms with E-state index in [9.17, 15) is 4.79 Å². The number of anilines is 3. The van der Waals surface area contributed by atoms with E-state index in [2.05, 4.69) is 46.6 Å². The van der Waals surface area contributed by atoms with E-state index in [1.165, 1.54) is 6.20 Å². The highest BCUT2D eigenvalue weighted by molar-refractivity contribution is 9.10. The van der Waals surface area contributed by atoms with Crippen LogP contribution in [0.25, 0.3) is 0 Å². The van der Waals surface area contributed by atoms with Gasteiger partial charge in [0, 0.05) is 28.8 Å². The van der Waals surface area contributed by atoms with Crippen molar-refractivity contribution in [3.8, 4) is 0 Å². The van der Waals surface area contributed by atoms with Crippen molar-refractivity contribution in [1.29, 1.82) is 0 Å². The van der Waals surface area contributed by atoms with E-state index in [-0.39, 0.29) is 11.9 Å². The van der Waals surface area contributed by atoms with E-state index in [4.69, 9.17) is 16.3 Å². The summed E-state index contributed by atoms with van der Waals surface area (Å²) in [5.41, 5.74) is 2.86. The fourth-order valence-corrected chi connectivity index (χ4v) is 4.04. The number of rotatable bonds is 6. The molecule has 1 aliphatic rings. The van der Waals surface area contributed by atoms with E-state index < -0.39 is 0 Å². The Labute approximate surface area is 199 Å². The normalized spacial score (nSPS) is 14.7. The number of morpholine rings is 1. The fourth-order valence-electron chi connectivity index (χ4n) is 3.34. The molecule has 32 heavy (non-hydrogen) atoms. The maximum absolute atomic E-state index is 12.5. The van der Waals surface area contributed by atoms with Crippen LogP contribution in [0.5, 0.6) is 0 Å². The first-order valence-electron chi connectivity index (χ1n) is 10.1. The van der Waals surface area contributed by atoms with Gasteiger partial charge in [0.15, 0.2) is 0 Å². The molecule has 2 N–H and O–H groups in total. The molecule has 166 valence electrons. The minimum absolute atomic E-state index is 0.197. The second-order valence-electron chi connectivity index (χ2n) is 7.30. The van der Waals surface area contributed by atoms with Crippen molar-refractivity contribution in [2.45, 2.75) is 13.0 Å². The number of carbonyl (C=O) groups excluding carboxylic acids is 1. The number of hydrogen-bond acceptors (Lipinski definition) is 7. The highest BCUT2D eigenvalue weighted by Crippen LogP contribution is 2.30. The Hall–Kier alpha value is -2.75. The Bertz CT molecular complexity index is 1110. The molecule has 0 spiro atoms. The van der Waals surface area contributed by atoms with Gasteiger partial charge in [0.25, 0.3) is 5.91 Å². The molecule has 3 aromatic rings. The summed E-state index contributed by atoms with van der Waals surface area (Å²) in [6.45, 7) is 4.85. The topological polar surface area (TPSA) is 92.3 Å². The van der Waals surface area contributed by atoms with Gasteiger partial charge >= 0.3 is 0 Å². The molecule has 0 radical (unpaired) electrons. The van der Waals surface area contributed by atoms with Crippen LogP contribution in [-0.4, -0.2) is 47.4 Å². The number of ether oxygens (including phenoxy) is 1. The molecule has 0 bridgehead atoms. The lowest BCUT2D eigenvalue weighted by atomic mass is 10.2. The Morgan fingerprint density at radius 3 is 2.78 bits per heavy atom. The third kappa shape index (κ3) is 5.53. The second kappa shape index (κ2) is 10.2. The maximum atomic E-state index is 12.5. The molecule has 2 aromatic carbocycles. The van der Waals surface area contributed by atoms with Crippen LogP contribution in [0.2, 0.25) is 5.02 Å². The van der Waals surface area contributed by atoms with Gasteiger partial charge in [0.05, 0.1) is 41.9 Å². The van der Waals surface area contributed by atoms with Crippen LogP contribution in [0.1, 0.15) is 29.0 Å². The second-order valence-corrected chi connectivity index (χ2v) is 8.62. The van der Waals surface area contributed by atoms with Crippen LogP contribution >= 0.6 is 27.5 Å². The summed E-state index contributed by atoms with van der Waals surface area (Å²) >= 11 is 9.89. The Morgan fingerprint density at radius 1 is 1.22 bits per heavy atom. The summed E-state index contributed by atoms with van der Waals surface area (Å²) in [5, 5.41) is 14.8. The number of nitrogens with zero attached hydrogens (tertiary/aromatic N) is 4. The first kappa shape index (κ1) is 22.4. The molecule has 8 nitrogen and oxygen atoms in total. The number of benzene rings is 2. The lowest BCUT2D eigenvalue weighted by molar-refractivity contribution is 0.0939. The van der Waals surface area contributed by atoms with E-state index in [0.717, 1.165) is 28.9 Å². The Balaban J connectivity index is 1.43. The average Bonchev–Trinajstić information content (AvgIpc) is 2.80. The summed E-state index contributed by atoms with van der Waals surface area (Å²) in [7, 11) is 0. The van der Waals surface area contributed by atoms with Gasteiger partial charge in [-0.1, -0.05) is 33.6 Å². The molecule has 1 saturated heterocycles. The van der Waals surface area contributed by atoms with Crippen molar-refractivity contribution < 1.29 is 9.53 Å². The summed E-state index contributed by atoms with van der Waals surface area (Å²) in [6, 6.07) is 12.6. The van der Waals surface area contributed by atoms with Crippen molar-refractivity contribution in [1.82, 2.24) is 20.5 Å². The zero-order chi connectivity index (χ0) is 22.5. The molecular formula is C22H22BrClN6O2. The SMILES string of the molecule is CC(NC(=O)c1cccc(Br)c1)c1cnnc(Nc2ccc(N3CCOCC3)c(Cl)c2)n1. The van der Waals surface area contributed by atoms with Gasteiger partial charge in [0.2, 0.25) is 5.95 Å². The molecular weight excluding hydrogens is 496 g/mol. The van der Waals surface area contributed by atoms with Gasteiger partial charge in [-0.25, -0.2) is 4.98 Å². The number of nitrogens with one attached hydrogen (secondary N) is 2. The zero-order valence-electron chi connectivity index (χ0n) is 17.4. The average molecular weight is 518 g/mol. The van der Waals surface area contributed by atoms with Gasteiger partial charge in [0.1, 0.15) is 0 Å². The van der Waals surface area contributed by atoms with E-state index in [1.807, 2.05) is 37.3 Å². The smallest absolute Gasteiger partial charge is 0.251 e. The lowest BCUT2D eigenvalue weighted by Crippen LogP contribution is -2.36. The van der Waals surface area contributed by atoms with Crippen molar-refractivity contribution in [2.75, 3.05) is 36.5 Å². The Morgan fingerprint density at radius 2 is 2.03 bits per heavy atom. The largest absolute Gasteiger partial charge is 0.378 e. The molecule has 0 saturated carbocycles. The molecule has 1 fully saturated rings. The van der Waals surface area contributed by atoms with E-state index >= 15 is 0 Å². The van der Waals surface area contributed by atoms with Crippen LogP contribution < -0.4 is 15.5 Å². The monoisotopic (exact) mass is 516 g/mol. The number of carbonyl (C=O) groups is 1. The third-order valence-corrected chi connectivity index (χ3v) is 5.81. The zero-order valence-corrected chi connectivity index (χ0v) is 19.7. The quantitative estimate of drug-likeness (QED) is 0.502. The number of aromatic nitrogens is 3. The number of amides is 1. The van der Waals surface area contributed by atoms with Gasteiger partial charge in [-0.05, 0) is 43.3 Å². The van der Waals surface area contributed by atoms with Gasteiger partial charge in [-0.15, -0.1) is 5.10 Å². The molecule has 2 heterocycles. The lowest BCUT2D eigenvalue weighted by Gasteiger charge is -2.29. The van der Waals surface area contributed by atoms with Gasteiger partial charge in [-0.3, -0.25) is 4.79 Å². The molecule has 0 aliphatic carbocycles. The molecule has 1 amide bonds. The molecule has 1 aromatic heterocycles. The molecule has 10 heteroatoms. The van der Waals surface area contributed by atoms with Crippen LogP contribution in [0.15, 0.2) is 53.1 Å². The molecule has 1 unspecified atom stereocenters. The summed E-state index contributed by atoms with van der Waals surface area (Å²) in [5.74, 6) is 0.124. The minimum Gasteiger partial charge on any atom is -0.378 e. The van der Waals surface area contributed by atoms with Crippen LogP contribution in [-0.2, 0) is 4.74 Å². The van der Waals surface area contributed by atoms with Crippen LogP contribution in [0, 0.1) is 0 Å². The summed E-state index contributed by atoms with van der Waals surface area (Å²) in [4.78, 5) is 19.2. The first-order valence-corrected chi connectivity index (χ1v) is 11.3. The van der Waals surface area contributed by atoms with Crippen molar-refractivity contribution in [3.05, 3.63) is 69.4 Å². The van der Waals surface area contributed by atoms with Crippen LogP contribution in [0.3, 0.4) is 0 Å². The fraction of sp³-hybridized carbons (Fsp3) is 0.273. The van der Waals surface area contributed by atoms with Crippen molar-refractivity contribution in [2.24, 2.45) is 0 Å². The van der Waals surface area contributed by atoms with E-state index in [0.29, 0.717) is 35.4 Å². The Kier molecular flexibility index (Phi) is 7.19. The first-order chi connectivity index (χ1) is 15.5. The van der Waals surface area contributed by atoms with Crippen molar-refractivity contribution in [3.63, 3.8) is 0 Å². The minimum atomic E-state index is -0.357. The van der Waals surface area contributed by atoms with Gasteiger partial charge in [-0.2, -0.15) is 5.10 Å². The third-order valence-electron chi connectivity index (χ3n) is 5.01. The van der Waals surface area contributed by atoms with Crippen molar-refractivity contribution >= 4 is 50.8 Å². The number of hydrogen-bond donors (Lipinski definition) is 2. The van der Waals surface area contributed by atoms with E-state index in [1.54, 1.807) is 12.1 Å².